The van der Waals surface area contributed by atoms with Gasteiger partial charge < -0.3 is 4.90 Å². The second-order valence-corrected chi connectivity index (χ2v) is 6.82. The molecule has 5 nitrogen and oxygen atoms in total. The lowest BCUT2D eigenvalue weighted by Crippen LogP contribution is -2.31. The second kappa shape index (κ2) is 7.04. The van der Waals surface area contributed by atoms with Crippen molar-refractivity contribution >= 4 is 23.6 Å². The molecule has 1 aliphatic rings. The molecule has 0 N–H and O–H groups in total. The van der Waals surface area contributed by atoms with Crippen molar-refractivity contribution in [1.82, 2.24) is 19.4 Å². The van der Waals surface area contributed by atoms with E-state index < -0.39 is 28.7 Å². The molecule has 1 amide bonds. The summed E-state index contributed by atoms with van der Waals surface area (Å²) in [4.78, 5) is 23.0. The number of benzene rings is 1. The van der Waals surface area contributed by atoms with E-state index in [0.29, 0.717) is 11.5 Å². The van der Waals surface area contributed by atoms with Gasteiger partial charge in [-0.2, -0.15) is 13.2 Å². The molecule has 0 fully saturated rings. The fraction of sp³-hybridized carbons (Fsp3) is 0.150. The molecule has 0 saturated heterocycles. The van der Waals surface area contributed by atoms with Crippen LogP contribution in [-0.2, 0) is 6.18 Å². The number of carbonyl (C=O) groups is 1. The Balaban J connectivity index is 1.70. The first-order chi connectivity index (χ1) is 13.8. The number of aromatic nitrogens is 3. The molecule has 1 aliphatic heterocycles. The highest BCUT2D eigenvalue weighted by Gasteiger charge is 2.36. The summed E-state index contributed by atoms with van der Waals surface area (Å²) < 4.78 is 41.2. The maximum atomic E-state index is 13.1. The molecular formula is C20H14ClF3N4O. The highest BCUT2D eigenvalue weighted by Crippen LogP contribution is 2.38. The van der Waals surface area contributed by atoms with Crippen LogP contribution in [0.5, 0.6) is 0 Å². The predicted molar refractivity (Wildman–Crippen MR) is 101 cm³/mol. The van der Waals surface area contributed by atoms with E-state index in [9.17, 15) is 18.0 Å². The van der Waals surface area contributed by atoms with Crippen molar-refractivity contribution in [2.45, 2.75) is 19.1 Å². The number of hydrogen-bond donors (Lipinski definition) is 0. The van der Waals surface area contributed by atoms with Crippen LogP contribution in [0.4, 0.5) is 13.2 Å². The van der Waals surface area contributed by atoms with Gasteiger partial charge in [-0.3, -0.25) is 9.36 Å². The lowest BCUT2D eigenvalue weighted by molar-refractivity contribution is -0.137. The van der Waals surface area contributed by atoms with Crippen LogP contribution in [0.1, 0.15) is 40.3 Å². The standard InChI is InChI=1S/C20H14ClF3N4O/c1-12-18-15(28(11-26-18)16-7-2-3-9-25-16)8-10-27(12)19(29)13-5-4-6-14(17(13)21)20(22,23)24/h2-12H,1H3. The minimum Gasteiger partial charge on any atom is -0.306 e. The zero-order valence-electron chi connectivity index (χ0n) is 15.1. The average Bonchev–Trinajstić information content (AvgIpc) is 3.13. The number of rotatable bonds is 2. The Morgan fingerprint density at radius 2 is 1.93 bits per heavy atom. The number of amides is 1. The second-order valence-electron chi connectivity index (χ2n) is 6.44. The lowest BCUT2D eigenvalue weighted by Gasteiger charge is -2.29. The SMILES string of the molecule is CC1c2ncn(-c3ccccn3)c2C=CN1C(=O)c1cccc(C(F)(F)F)c1Cl. The monoisotopic (exact) mass is 418 g/mol. The Hall–Kier alpha value is -3.13. The third-order valence-electron chi connectivity index (χ3n) is 4.71. The molecular weight excluding hydrogens is 405 g/mol. The van der Waals surface area contributed by atoms with Gasteiger partial charge in [-0.1, -0.05) is 23.7 Å². The quantitative estimate of drug-likeness (QED) is 0.580. The number of carbonyl (C=O) groups excluding carboxylic acids is 1. The third kappa shape index (κ3) is 3.29. The van der Waals surface area contributed by atoms with Gasteiger partial charge in [0.15, 0.2) is 0 Å². The van der Waals surface area contributed by atoms with E-state index in [4.69, 9.17) is 11.6 Å². The number of imidazole rings is 1. The Morgan fingerprint density at radius 3 is 2.62 bits per heavy atom. The van der Waals surface area contributed by atoms with E-state index in [-0.39, 0.29) is 5.56 Å². The summed E-state index contributed by atoms with van der Waals surface area (Å²) in [5, 5.41) is -0.615. The van der Waals surface area contributed by atoms with Crippen LogP contribution in [-0.4, -0.2) is 25.3 Å². The largest absolute Gasteiger partial charge is 0.417 e. The molecule has 0 radical (unpaired) electrons. The zero-order chi connectivity index (χ0) is 20.8. The van der Waals surface area contributed by atoms with Crippen molar-refractivity contribution in [1.29, 1.82) is 0 Å². The number of pyridine rings is 1. The Morgan fingerprint density at radius 1 is 1.14 bits per heavy atom. The predicted octanol–water partition coefficient (Wildman–Crippen LogP) is 5.13. The van der Waals surface area contributed by atoms with Gasteiger partial charge in [0.2, 0.25) is 0 Å². The molecule has 1 unspecified atom stereocenters. The van der Waals surface area contributed by atoms with Crippen LogP contribution in [0, 0.1) is 0 Å². The number of halogens is 4. The van der Waals surface area contributed by atoms with Gasteiger partial charge in [0, 0.05) is 12.4 Å². The van der Waals surface area contributed by atoms with Gasteiger partial charge in [0.1, 0.15) is 12.1 Å². The van der Waals surface area contributed by atoms with E-state index in [0.717, 1.165) is 11.8 Å². The van der Waals surface area contributed by atoms with Crippen molar-refractivity contribution in [2.24, 2.45) is 0 Å². The first-order valence-electron chi connectivity index (χ1n) is 8.64. The molecule has 148 valence electrons. The van der Waals surface area contributed by atoms with E-state index >= 15 is 0 Å². The summed E-state index contributed by atoms with van der Waals surface area (Å²) in [7, 11) is 0. The van der Waals surface area contributed by atoms with Crippen LogP contribution in [0.15, 0.2) is 55.1 Å². The molecule has 1 aromatic carbocycles. The van der Waals surface area contributed by atoms with Gasteiger partial charge in [-0.05, 0) is 37.3 Å². The van der Waals surface area contributed by atoms with Crippen LogP contribution >= 0.6 is 11.6 Å². The summed E-state index contributed by atoms with van der Waals surface area (Å²) >= 11 is 5.92. The Kier molecular flexibility index (Phi) is 4.66. The molecule has 0 aliphatic carbocycles. The first kappa shape index (κ1) is 19.2. The van der Waals surface area contributed by atoms with E-state index in [2.05, 4.69) is 9.97 Å². The van der Waals surface area contributed by atoms with Gasteiger partial charge in [0.25, 0.3) is 5.91 Å². The number of alkyl halides is 3. The van der Waals surface area contributed by atoms with Gasteiger partial charge in [0.05, 0.1) is 33.6 Å². The molecule has 29 heavy (non-hydrogen) atoms. The average molecular weight is 419 g/mol. The maximum absolute atomic E-state index is 13.1. The summed E-state index contributed by atoms with van der Waals surface area (Å²) in [6, 6.07) is 8.25. The van der Waals surface area contributed by atoms with E-state index in [1.807, 2.05) is 12.1 Å². The maximum Gasteiger partial charge on any atom is 0.417 e. The molecule has 0 spiro atoms. The number of fused-ring (bicyclic) bond motifs is 1. The summed E-state index contributed by atoms with van der Waals surface area (Å²) in [5.41, 5.74) is 0.0920. The third-order valence-corrected chi connectivity index (χ3v) is 5.11. The molecule has 3 heterocycles. The molecule has 2 aromatic heterocycles. The van der Waals surface area contributed by atoms with Crippen molar-refractivity contribution in [3.05, 3.63) is 82.7 Å². The van der Waals surface area contributed by atoms with Gasteiger partial charge in [-0.25, -0.2) is 9.97 Å². The van der Waals surface area contributed by atoms with Crippen LogP contribution in [0.25, 0.3) is 11.9 Å². The highest BCUT2D eigenvalue weighted by molar-refractivity contribution is 6.34. The molecule has 0 bridgehead atoms. The minimum atomic E-state index is -4.65. The summed E-state index contributed by atoms with van der Waals surface area (Å²) in [5.74, 6) is 0.0293. The van der Waals surface area contributed by atoms with Crippen LogP contribution in [0.3, 0.4) is 0 Å². The first-order valence-corrected chi connectivity index (χ1v) is 9.02. The fourth-order valence-corrected chi connectivity index (χ4v) is 3.56. The Bertz CT molecular complexity index is 1110. The number of nitrogens with zero attached hydrogens (tertiary/aromatic N) is 4. The van der Waals surface area contributed by atoms with E-state index in [1.54, 1.807) is 36.2 Å². The minimum absolute atomic E-state index is 0.217. The van der Waals surface area contributed by atoms with Crippen molar-refractivity contribution in [2.75, 3.05) is 0 Å². The van der Waals surface area contributed by atoms with Gasteiger partial charge in [-0.15, -0.1) is 0 Å². The van der Waals surface area contributed by atoms with Crippen molar-refractivity contribution in [3.63, 3.8) is 0 Å². The smallest absolute Gasteiger partial charge is 0.306 e. The van der Waals surface area contributed by atoms with Crippen LogP contribution in [0.2, 0.25) is 5.02 Å². The molecule has 0 saturated carbocycles. The fourth-order valence-electron chi connectivity index (χ4n) is 3.25. The highest BCUT2D eigenvalue weighted by atomic mass is 35.5. The van der Waals surface area contributed by atoms with Gasteiger partial charge >= 0.3 is 6.18 Å². The summed E-state index contributed by atoms with van der Waals surface area (Å²) in [6.07, 6.45) is 1.80. The summed E-state index contributed by atoms with van der Waals surface area (Å²) in [6.45, 7) is 1.75. The molecule has 3 aromatic rings. The van der Waals surface area contributed by atoms with Crippen molar-refractivity contribution in [3.8, 4) is 5.82 Å². The number of hydrogen-bond acceptors (Lipinski definition) is 3. The van der Waals surface area contributed by atoms with Crippen LogP contribution < -0.4 is 0 Å². The molecule has 4 rings (SSSR count). The Labute approximate surface area is 169 Å². The zero-order valence-corrected chi connectivity index (χ0v) is 15.8. The lowest BCUT2D eigenvalue weighted by atomic mass is 10.0. The van der Waals surface area contributed by atoms with Crippen molar-refractivity contribution < 1.29 is 18.0 Å². The van der Waals surface area contributed by atoms with E-state index in [1.165, 1.54) is 23.2 Å². The normalized spacial score (nSPS) is 16.0. The molecule has 1 atom stereocenters. The molecule has 9 heteroatoms. The topological polar surface area (TPSA) is 51.0 Å².